The number of ether oxygens (including phenoxy) is 3. The Hall–Kier alpha value is -1.26. The molecule has 1 heterocycles. The molecule has 0 bridgehead atoms. The zero-order valence-corrected chi connectivity index (χ0v) is 7.95. The molecule has 2 rings (SSSR count). The minimum absolute atomic E-state index is 0.0643. The lowest BCUT2D eigenvalue weighted by atomic mass is 10.1. The third-order valence-electron chi connectivity index (χ3n) is 2.20. The maximum Gasteiger partial charge on any atom is 0.231 e. The van der Waals surface area contributed by atoms with Crippen molar-refractivity contribution in [3.05, 3.63) is 23.3 Å². The van der Waals surface area contributed by atoms with Crippen LogP contribution in [0.3, 0.4) is 0 Å². The van der Waals surface area contributed by atoms with E-state index in [4.69, 9.17) is 14.2 Å². The van der Waals surface area contributed by atoms with Crippen LogP contribution in [0.4, 0.5) is 0 Å². The molecule has 0 fully saturated rings. The lowest BCUT2D eigenvalue weighted by molar-refractivity contribution is 0.168. The van der Waals surface area contributed by atoms with Crippen molar-refractivity contribution in [2.24, 2.45) is 0 Å². The van der Waals surface area contributed by atoms with Gasteiger partial charge >= 0.3 is 0 Å². The van der Waals surface area contributed by atoms with Gasteiger partial charge in [-0.1, -0.05) is 6.07 Å². The number of hydrogen-bond acceptors (Lipinski definition) is 4. The van der Waals surface area contributed by atoms with Crippen LogP contribution in [0, 0.1) is 0 Å². The van der Waals surface area contributed by atoms with Gasteiger partial charge in [0.2, 0.25) is 6.79 Å². The highest BCUT2D eigenvalue weighted by atomic mass is 16.7. The Balaban J connectivity index is 2.43. The first-order valence-electron chi connectivity index (χ1n) is 4.37. The molecule has 0 radical (unpaired) electrons. The highest BCUT2D eigenvalue weighted by Crippen LogP contribution is 2.37. The van der Waals surface area contributed by atoms with E-state index in [0.29, 0.717) is 18.1 Å². The lowest BCUT2D eigenvalue weighted by Gasteiger charge is -2.08. The molecule has 1 aliphatic heterocycles. The average molecular weight is 196 g/mol. The first kappa shape index (κ1) is 9.30. The molecule has 0 unspecified atom stereocenters. The summed E-state index contributed by atoms with van der Waals surface area (Å²) in [4.78, 5) is 0. The Bertz CT molecular complexity index is 335. The van der Waals surface area contributed by atoms with Gasteiger partial charge in [0.1, 0.15) is 0 Å². The summed E-state index contributed by atoms with van der Waals surface area (Å²) in [5, 5.41) is 9.22. The summed E-state index contributed by atoms with van der Waals surface area (Å²) < 4.78 is 15.5. The van der Waals surface area contributed by atoms with Crippen LogP contribution in [0.2, 0.25) is 0 Å². The van der Waals surface area contributed by atoms with Gasteiger partial charge in [-0.05, 0) is 11.6 Å². The van der Waals surface area contributed by atoms with Gasteiger partial charge in [0.25, 0.3) is 0 Å². The zero-order valence-electron chi connectivity index (χ0n) is 7.95. The van der Waals surface area contributed by atoms with Crippen LogP contribution in [-0.2, 0) is 18.0 Å². The Morgan fingerprint density at radius 2 is 2.29 bits per heavy atom. The van der Waals surface area contributed by atoms with Gasteiger partial charge < -0.3 is 19.3 Å². The second-order valence-electron chi connectivity index (χ2n) is 3.03. The molecule has 4 heteroatoms. The first-order valence-corrected chi connectivity index (χ1v) is 4.37. The summed E-state index contributed by atoms with van der Waals surface area (Å²) in [6, 6.07) is 3.71. The molecule has 0 saturated carbocycles. The Morgan fingerprint density at radius 3 is 3.00 bits per heavy atom. The van der Waals surface area contributed by atoms with Crippen molar-refractivity contribution < 1.29 is 19.3 Å². The molecule has 14 heavy (non-hydrogen) atoms. The molecule has 0 atom stereocenters. The summed E-state index contributed by atoms with van der Waals surface area (Å²) in [6.07, 6.45) is 0. The van der Waals surface area contributed by atoms with Crippen molar-refractivity contribution in [3.8, 4) is 11.5 Å². The highest BCUT2D eigenvalue weighted by Gasteiger charge is 2.19. The second-order valence-corrected chi connectivity index (χ2v) is 3.03. The van der Waals surface area contributed by atoms with E-state index in [1.807, 2.05) is 12.1 Å². The molecule has 4 nitrogen and oxygen atoms in total. The van der Waals surface area contributed by atoms with Gasteiger partial charge in [-0.2, -0.15) is 0 Å². The maximum absolute atomic E-state index is 9.22. The number of hydrogen-bond donors (Lipinski definition) is 1. The number of aliphatic hydroxyl groups excluding tert-OH is 1. The van der Waals surface area contributed by atoms with E-state index in [9.17, 15) is 5.11 Å². The van der Waals surface area contributed by atoms with Crippen LogP contribution >= 0.6 is 0 Å². The van der Waals surface area contributed by atoms with E-state index >= 15 is 0 Å². The van der Waals surface area contributed by atoms with E-state index in [-0.39, 0.29) is 13.4 Å². The molecule has 76 valence electrons. The SMILES string of the molecule is COCc1ccc2c(c1CO)OCO2. The molecule has 0 amide bonds. The van der Waals surface area contributed by atoms with Crippen molar-refractivity contribution >= 4 is 0 Å². The van der Waals surface area contributed by atoms with Gasteiger partial charge in [0, 0.05) is 12.7 Å². The Labute approximate surface area is 82.0 Å². The zero-order chi connectivity index (χ0) is 9.97. The van der Waals surface area contributed by atoms with Crippen molar-refractivity contribution in [3.63, 3.8) is 0 Å². The van der Waals surface area contributed by atoms with Gasteiger partial charge in [-0.25, -0.2) is 0 Å². The van der Waals surface area contributed by atoms with Crippen LogP contribution in [0.5, 0.6) is 11.5 Å². The molecular weight excluding hydrogens is 184 g/mol. The smallest absolute Gasteiger partial charge is 0.231 e. The van der Waals surface area contributed by atoms with Crippen LogP contribution < -0.4 is 9.47 Å². The molecule has 1 aromatic carbocycles. The van der Waals surface area contributed by atoms with Crippen LogP contribution in [0.25, 0.3) is 0 Å². The van der Waals surface area contributed by atoms with Gasteiger partial charge in [-0.15, -0.1) is 0 Å². The van der Waals surface area contributed by atoms with E-state index in [0.717, 1.165) is 11.1 Å². The fourth-order valence-electron chi connectivity index (χ4n) is 1.53. The predicted molar refractivity (Wildman–Crippen MR) is 49.2 cm³/mol. The van der Waals surface area contributed by atoms with Crippen LogP contribution in [0.1, 0.15) is 11.1 Å². The summed E-state index contributed by atoms with van der Waals surface area (Å²) in [5.74, 6) is 1.33. The van der Waals surface area contributed by atoms with E-state index < -0.39 is 0 Å². The molecule has 1 aromatic rings. The monoisotopic (exact) mass is 196 g/mol. The average Bonchev–Trinajstić information content (AvgIpc) is 2.66. The van der Waals surface area contributed by atoms with E-state index in [2.05, 4.69) is 0 Å². The first-order chi connectivity index (χ1) is 6.86. The van der Waals surface area contributed by atoms with Gasteiger partial charge in [-0.3, -0.25) is 0 Å². The largest absolute Gasteiger partial charge is 0.454 e. The molecular formula is C10H12O4. The summed E-state index contributed by atoms with van der Waals surface area (Å²) in [5.41, 5.74) is 1.68. The summed E-state index contributed by atoms with van der Waals surface area (Å²) >= 11 is 0. The predicted octanol–water partition coefficient (Wildman–Crippen LogP) is 1.05. The highest BCUT2D eigenvalue weighted by molar-refractivity contribution is 5.51. The number of methoxy groups -OCH3 is 1. The number of benzene rings is 1. The van der Waals surface area contributed by atoms with Crippen molar-refractivity contribution in [2.75, 3.05) is 13.9 Å². The lowest BCUT2D eigenvalue weighted by Crippen LogP contribution is -1.98. The standard InChI is InChI=1S/C10H12O4/c1-12-5-7-2-3-9-10(8(7)4-11)14-6-13-9/h2-3,11H,4-6H2,1H3. The Morgan fingerprint density at radius 1 is 1.43 bits per heavy atom. The second kappa shape index (κ2) is 3.86. The minimum atomic E-state index is -0.0643. The molecule has 1 aliphatic rings. The van der Waals surface area contributed by atoms with Gasteiger partial charge in [0.05, 0.1) is 13.2 Å². The molecule has 0 aliphatic carbocycles. The summed E-state index contributed by atoms with van der Waals surface area (Å²) in [7, 11) is 1.62. The normalized spacial score (nSPS) is 13.3. The molecule has 1 N–H and O–H groups in total. The van der Waals surface area contributed by atoms with Crippen LogP contribution in [-0.4, -0.2) is 19.0 Å². The fourth-order valence-corrected chi connectivity index (χ4v) is 1.53. The molecule has 0 aromatic heterocycles. The third-order valence-corrected chi connectivity index (χ3v) is 2.20. The van der Waals surface area contributed by atoms with Crippen LogP contribution in [0.15, 0.2) is 12.1 Å². The topological polar surface area (TPSA) is 47.9 Å². The maximum atomic E-state index is 9.22. The molecule has 0 saturated heterocycles. The Kier molecular flexibility index (Phi) is 2.56. The van der Waals surface area contributed by atoms with Crippen molar-refractivity contribution in [1.82, 2.24) is 0 Å². The third kappa shape index (κ3) is 1.42. The number of aliphatic hydroxyl groups is 1. The molecule has 0 spiro atoms. The fraction of sp³-hybridized carbons (Fsp3) is 0.400. The minimum Gasteiger partial charge on any atom is -0.454 e. The quantitative estimate of drug-likeness (QED) is 0.785. The summed E-state index contributed by atoms with van der Waals surface area (Å²) in [6.45, 7) is 0.622. The van der Waals surface area contributed by atoms with Crippen molar-refractivity contribution in [1.29, 1.82) is 0 Å². The van der Waals surface area contributed by atoms with Gasteiger partial charge in [0.15, 0.2) is 11.5 Å². The number of fused-ring (bicyclic) bond motifs is 1. The van der Waals surface area contributed by atoms with E-state index in [1.54, 1.807) is 7.11 Å². The van der Waals surface area contributed by atoms with Crippen molar-refractivity contribution in [2.45, 2.75) is 13.2 Å². The number of rotatable bonds is 3. The van der Waals surface area contributed by atoms with E-state index in [1.165, 1.54) is 0 Å².